The van der Waals surface area contributed by atoms with Gasteiger partial charge in [0.25, 0.3) is 0 Å². The molecule has 0 unspecified atom stereocenters. The number of tetrazole rings is 1. The van der Waals surface area contributed by atoms with Crippen molar-refractivity contribution in [3.63, 3.8) is 0 Å². The third kappa shape index (κ3) is 3.54. The Hall–Kier alpha value is -1.68. The molecule has 0 aliphatic rings. The summed E-state index contributed by atoms with van der Waals surface area (Å²) in [4.78, 5) is -0.304. The highest BCUT2D eigenvalue weighted by Crippen LogP contribution is 2.34. The zero-order valence-electron chi connectivity index (χ0n) is 11.6. The molecule has 0 bridgehead atoms. The number of rotatable bonds is 4. The fourth-order valence-electron chi connectivity index (χ4n) is 1.89. The van der Waals surface area contributed by atoms with Crippen LogP contribution in [0.5, 0.6) is 5.75 Å². The molecule has 0 N–H and O–H groups in total. The lowest BCUT2D eigenvalue weighted by Gasteiger charge is -2.11. The maximum Gasteiger partial charge on any atom is 0.342 e. The molecule has 1 aromatic heterocycles. The van der Waals surface area contributed by atoms with Gasteiger partial charge in [-0.15, -0.1) is 5.10 Å². The Kier molecular flexibility index (Phi) is 4.77. The quantitative estimate of drug-likeness (QED) is 0.566. The van der Waals surface area contributed by atoms with Gasteiger partial charge in [0.2, 0.25) is 0 Å². The standard InChI is InChI=1S/C13H7BrCl2N4O3S/c14-8-4-11(15)13(12(16)5-8)24(21,22)23-10-3-1-2-9(6-10)20-7-17-18-19-20/h1-7H. The minimum atomic E-state index is -4.22. The zero-order chi connectivity index (χ0) is 17.3. The average molecular weight is 450 g/mol. The minimum absolute atomic E-state index is 0.0500. The average Bonchev–Trinajstić information content (AvgIpc) is 2.99. The largest absolute Gasteiger partial charge is 0.379 e. The van der Waals surface area contributed by atoms with Gasteiger partial charge in [-0.05, 0) is 34.7 Å². The van der Waals surface area contributed by atoms with E-state index in [-0.39, 0.29) is 20.7 Å². The summed E-state index contributed by atoms with van der Waals surface area (Å²) in [6.07, 6.45) is 1.37. The van der Waals surface area contributed by atoms with Crippen LogP contribution in [-0.4, -0.2) is 28.6 Å². The molecular weight excluding hydrogens is 443 g/mol. The molecule has 0 atom stereocenters. The van der Waals surface area contributed by atoms with Crippen LogP contribution < -0.4 is 4.18 Å². The first-order valence-corrected chi connectivity index (χ1v) is 9.25. The van der Waals surface area contributed by atoms with Crippen LogP contribution in [0.3, 0.4) is 0 Å². The predicted octanol–water partition coefficient (Wildman–Crippen LogP) is 3.50. The lowest BCUT2D eigenvalue weighted by atomic mass is 10.3. The van der Waals surface area contributed by atoms with Crippen molar-refractivity contribution in [1.29, 1.82) is 0 Å². The third-order valence-electron chi connectivity index (χ3n) is 2.85. The van der Waals surface area contributed by atoms with Crippen LogP contribution in [0.1, 0.15) is 0 Å². The van der Waals surface area contributed by atoms with Crippen molar-refractivity contribution in [3.8, 4) is 11.4 Å². The van der Waals surface area contributed by atoms with Crippen molar-refractivity contribution >= 4 is 49.2 Å². The van der Waals surface area contributed by atoms with Crippen LogP contribution in [-0.2, 0) is 10.1 Å². The fourth-order valence-corrected chi connectivity index (χ4v) is 4.70. The topological polar surface area (TPSA) is 87.0 Å². The molecule has 0 saturated carbocycles. The molecule has 0 aliphatic heterocycles. The molecule has 3 aromatic rings. The number of nitrogens with zero attached hydrogens (tertiary/aromatic N) is 4. The molecular formula is C13H7BrCl2N4O3S. The monoisotopic (exact) mass is 448 g/mol. The van der Waals surface area contributed by atoms with Crippen LogP contribution in [0.4, 0.5) is 0 Å². The molecule has 0 saturated heterocycles. The first-order valence-electron chi connectivity index (χ1n) is 6.29. The van der Waals surface area contributed by atoms with E-state index < -0.39 is 10.1 Å². The number of halogens is 3. The summed E-state index contributed by atoms with van der Waals surface area (Å²) in [5.41, 5.74) is 0.528. The highest BCUT2D eigenvalue weighted by atomic mass is 79.9. The smallest absolute Gasteiger partial charge is 0.342 e. The Labute approximate surface area is 155 Å². The maximum atomic E-state index is 12.5. The van der Waals surface area contributed by atoms with Gasteiger partial charge in [0.15, 0.2) is 0 Å². The Morgan fingerprint density at radius 3 is 2.46 bits per heavy atom. The maximum absolute atomic E-state index is 12.5. The van der Waals surface area contributed by atoms with Crippen molar-refractivity contribution in [1.82, 2.24) is 20.2 Å². The highest BCUT2D eigenvalue weighted by molar-refractivity contribution is 9.10. The fraction of sp³-hybridized carbons (Fsp3) is 0. The lowest BCUT2D eigenvalue weighted by molar-refractivity contribution is 0.486. The molecule has 0 spiro atoms. The first kappa shape index (κ1) is 17.2. The van der Waals surface area contributed by atoms with E-state index in [4.69, 9.17) is 27.4 Å². The van der Waals surface area contributed by atoms with E-state index in [1.807, 2.05) is 0 Å². The number of aromatic nitrogens is 4. The van der Waals surface area contributed by atoms with Gasteiger partial charge < -0.3 is 4.18 Å². The Morgan fingerprint density at radius 1 is 1.12 bits per heavy atom. The second-order valence-corrected chi connectivity index (χ2v) is 7.70. The Bertz CT molecular complexity index is 973. The van der Waals surface area contributed by atoms with Gasteiger partial charge in [-0.1, -0.05) is 45.2 Å². The molecule has 11 heteroatoms. The van der Waals surface area contributed by atoms with E-state index in [0.29, 0.717) is 10.2 Å². The minimum Gasteiger partial charge on any atom is -0.379 e. The van der Waals surface area contributed by atoms with E-state index in [9.17, 15) is 8.42 Å². The van der Waals surface area contributed by atoms with E-state index in [0.717, 1.165) is 0 Å². The van der Waals surface area contributed by atoms with Crippen LogP contribution in [0.15, 0.2) is 52.1 Å². The molecule has 0 fully saturated rings. The van der Waals surface area contributed by atoms with Crippen molar-refractivity contribution in [2.45, 2.75) is 4.90 Å². The van der Waals surface area contributed by atoms with E-state index >= 15 is 0 Å². The van der Waals surface area contributed by atoms with Gasteiger partial charge in [-0.3, -0.25) is 0 Å². The summed E-state index contributed by atoms with van der Waals surface area (Å²) in [6.45, 7) is 0. The molecule has 3 rings (SSSR count). The van der Waals surface area contributed by atoms with Crippen molar-refractivity contribution in [2.24, 2.45) is 0 Å². The van der Waals surface area contributed by atoms with Crippen LogP contribution in [0.25, 0.3) is 5.69 Å². The normalized spacial score (nSPS) is 11.5. The van der Waals surface area contributed by atoms with Crippen LogP contribution in [0, 0.1) is 0 Å². The van der Waals surface area contributed by atoms with Crippen molar-refractivity contribution < 1.29 is 12.6 Å². The second-order valence-electron chi connectivity index (χ2n) is 4.49. The summed E-state index contributed by atoms with van der Waals surface area (Å²) < 4.78 is 32.0. The summed E-state index contributed by atoms with van der Waals surface area (Å²) >= 11 is 15.2. The molecule has 7 nitrogen and oxygen atoms in total. The Morgan fingerprint density at radius 2 is 1.83 bits per heavy atom. The second kappa shape index (κ2) is 6.67. The first-order chi connectivity index (χ1) is 11.4. The summed E-state index contributed by atoms with van der Waals surface area (Å²) in [7, 11) is -4.22. The zero-order valence-corrected chi connectivity index (χ0v) is 15.5. The van der Waals surface area contributed by atoms with Gasteiger partial charge in [-0.2, -0.15) is 8.42 Å². The van der Waals surface area contributed by atoms with E-state index in [1.165, 1.54) is 35.3 Å². The van der Waals surface area contributed by atoms with Crippen LogP contribution >= 0.6 is 39.1 Å². The van der Waals surface area contributed by atoms with E-state index in [1.54, 1.807) is 12.1 Å². The SMILES string of the molecule is O=S(=O)(Oc1cccc(-n2cnnn2)c1)c1c(Cl)cc(Br)cc1Cl. The Balaban J connectivity index is 1.98. The molecule has 2 aromatic carbocycles. The molecule has 24 heavy (non-hydrogen) atoms. The van der Waals surface area contributed by atoms with Crippen molar-refractivity contribution in [2.75, 3.05) is 0 Å². The molecule has 0 amide bonds. The molecule has 1 heterocycles. The molecule has 0 aliphatic carbocycles. The summed E-state index contributed by atoms with van der Waals surface area (Å²) in [5, 5.41) is 10.7. The molecule has 0 radical (unpaired) electrons. The van der Waals surface area contributed by atoms with Gasteiger partial charge in [0.05, 0.1) is 15.7 Å². The van der Waals surface area contributed by atoms with Gasteiger partial charge in [0, 0.05) is 10.5 Å². The number of hydrogen-bond acceptors (Lipinski definition) is 6. The van der Waals surface area contributed by atoms with Crippen LogP contribution in [0.2, 0.25) is 10.0 Å². The number of hydrogen-bond donors (Lipinski definition) is 0. The van der Waals surface area contributed by atoms with E-state index in [2.05, 4.69) is 31.5 Å². The predicted molar refractivity (Wildman–Crippen MR) is 91.1 cm³/mol. The summed E-state index contributed by atoms with van der Waals surface area (Å²) in [5.74, 6) is 0.0676. The van der Waals surface area contributed by atoms with Gasteiger partial charge in [0.1, 0.15) is 17.0 Å². The lowest BCUT2D eigenvalue weighted by Crippen LogP contribution is -2.11. The van der Waals surface area contributed by atoms with Gasteiger partial charge >= 0.3 is 10.1 Å². The van der Waals surface area contributed by atoms with Crippen molar-refractivity contribution in [3.05, 3.63) is 57.2 Å². The molecule has 124 valence electrons. The summed E-state index contributed by atoms with van der Waals surface area (Å²) in [6, 6.07) is 9.07. The third-order valence-corrected chi connectivity index (χ3v) is 5.48. The highest BCUT2D eigenvalue weighted by Gasteiger charge is 2.25. The number of benzene rings is 2. The van der Waals surface area contributed by atoms with Gasteiger partial charge in [-0.25, -0.2) is 4.68 Å².